The number of carbonyl (C=O) groups is 1. The van der Waals surface area contributed by atoms with Gasteiger partial charge in [-0.2, -0.15) is 5.26 Å². The second kappa shape index (κ2) is 7.56. The number of benzene rings is 1. The van der Waals surface area contributed by atoms with E-state index >= 15 is 0 Å². The summed E-state index contributed by atoms with van der Waals surface area (Å²) in [5, 5.41) is 8.98. The van der Waals surface area contributed by atoms with Crippen LogP contribution in [0, 0.1) is 24.2 Å². The molecule has 5 nitrogen and oxygen atoms in total. The quantitative estimate of drug-likeness (QED) is 0.815. The molecule has 3 rings (SSSR count). The molecule has 1 fully saturated rings. The highest BCUT2D eigenvalue weighted by molar-refractivity contribution is 5.78. The van der Waals surface area contributed by atoms with E-state index in [1.807, 2.05) is 24.0 Å². The maximum Gasteiger partial charge on any atom is 0.228 e. The highest BCUT2D eigenvalue weighted by atomic mass is 16.4. The van der Waals surface area contributed by atoms with Crippen LogP contribution in [0.3, 0.4) is 0 Å². The normalized spacial score (nSPS) is 15.6. The van der Waals surface area contributed by atoms with Gasteiger partial charge < -0.3 is 9.32 Å². The molecule has 0 aliphatic carbocycles. The number of oxazole rings is 1. The molecule has 0 N–H and O–H groups in total. The molecule has 1 amide bonds. The average molecular weight is 365 g/mol. The Morgan fingerprint density at radius 3 is 2.44 bits per heavy atom. The number of aryl methyl sites for hydroxylation is 1. The first-order valence-electron chi connectivity index (χ1n) is 9.52. The molecule has 1 aliphatic heterocycles. The number of piperidine rings is 1. The predicted molar refractivity (Wildman–Crippen MR) is 104 cm³/mol. The fraction of sp³-hybridized carbons (Fsp3) is 0.500. The highest BCUT2D eigenvalue weighted by Crippen LogP contribution is 2.27. The van der Waals surface area contributed by atoms with Crippen LogP contribution in [-0.4, -0.2) is 28.9 Å². The van der Waals surface area contributed by atoms with Crippen molar-refractivity contribution in [2.45, 2.75) is 52.4 Å². The summed E-state index contributed by atoms with van der Waals surface area (Å²) < 4.78 is 5.82. The van der Waals surface area contributed by atoms with Gasteiger partial charge in [-0.05, 0) is 42.9 Å². The minimum atomic E-state index is 0.0532. The van der Waals surface area contributed by atoms with Crippen LogP contribution in [0.5, 0.6) is 0 Å². The molecule has 0 spiro atoms. The van der Waals surface area contributed by atoms with Gasteiger partial charge >= 0.3 is 0 Å². The van der Waals surface area contributed by atoms with Gasteiger partial charge in [-0.1, -0.05) is 32.9 Å². The van der Waals surface area contributed by atoms with E-state index in [9.17, 15) is 4.79 Å². The van der Waals surface area contributed by atoms with Gasteiger partial charge in [0.1, 0.15) is 5.76 Å². The summed E-state index contributed by atoms with van der Waals surface area (Å²) in [5.74, 6) is 1.37. The monoisotopic (exact) mass is 365 g/mol. The molecule has 0 saturated carbocycles. The van der Waals surface area contributed by atoms with E-state index < -0.39 is 0 Å². The fourth-order valence-corrected chi connectivity index (χ4v) is 3.34. The molecule has 5 heteroatoms. The summed E-state index contributed by atoms with van der Waals surface area (Å²) in [6.07, 6.45) is 1.75. The van der Waals surface area contributed by atoms with Crippen molar-refractivity contribution in [3.63, 3.8) is 0 Å². The first-order chi connectivity index (χ1) is 12.8. The summed E-state index contributed by atoms with van der Waals surface area (Å²) in [4.78, 5) is 19.0. The Morgan fingerprint density at radius 1 is 1.26 bits per heavy atom. The van der Waals surface area contributed by atoms with Crippen molar-refractivity contribution in [3.05, 3.63) is 41.3 Å². The van der Waals surface area contributed by atoms with Gasteiger partial charge in [0.2, 0.25) is 11.8 Å². The molecule has 0 bridgehead atoms. The Bertz CT molecular complexity index is 845. The number of hydrogen-bond donors (Lipinski definition) is 0. The molecule has 2 heterocycles. The molecule has 2 aromatic rings. The predicted octanol–water partition coefficient (Wildman–Crippen LogP) is 4.25. The highest BCUT2D eigenvalue weighted by Gasteiger charge is 2.24. The minimum absolute atomic E-state index is 0.0532. The van der Waals surface area contributed by atoms with Gasteiger partial charge in [-0.15, -0.1) is 0 Å². The third-order valence-corrected chi connectivity index (χ3v) is 5.24. The summed E-state index contributed by atoms with van der Waals surface area (Å²) in [5.41, 5.74) is 2.96. The molecule has 0 radical (unpaired) electrons. The number of aromatic nitrogens is 1. The first kappa shape index (κ1) is 19.2. The van der Waals surface area contributed by atoms with Crippen molar-refractivity contribution in [2.75, 3.05) is 13.1 Å². The summed E-state index contributed by atoms with van der Waals surface area (Å²) in [6, 6.07) is 10.5. The van der Waals surface area contributed by atoms with Crippen LogP contribution < -0.4 is 0 Å². The van der Waals surface area contributed by atoms with E-state index in [4.69, 9.17) is 9.68 Å². The number of amides is 1. The number of likely N-dealkylation sites (tertiary alicyclic amines) is 1. The maximum atomic E-state index is 12.6. The molecule has 1 aromatic heterocycles. The standard InChI is InChI=1S/C22H27N3O2/c1-15-19(13-20(26)25-11-9-16(14-23)10-12-25)24-21(27-15)17-5-7-18(8-6-17)22(2,3)4/h5-8,16H,9-13H2,1-4H3. The molecule has 1 saturated heterocycles. The zero-order valence-corrected chi connectivity index (χ0v) is 16.6. The molecule has 27 heavy (non-hydrogen) atoms. The van der Waals surface area contributed by atoms with E-state index in [2.05, 4.69) is 44.0 Å². The van der Waals surface area contributed by atoms with Crippen LogP contribution in [0.25, 0.3) is 11.5 Å². The lowest BCUT2D eigenvalue weighted by atomic mass is 9.87. The second-order valence-electron chi connectivity index (χ2n) is 8.31. The number of hydrogen-bond acceptors (Lipinski definition) is 4. The smallest absolute Gasteiger partial charge is 0.228 e. The van der Waals surface area contributed by atoms with Crippen molar-refractivity contribution in [2.24, 2.45) is 5.92 Å². The van der Waals surface area contributed by atoms with Crippen LogP contribution in [0.4, 0.5) is 0 Å². The van der Waals surface area contributed by atoms with Crippen LogP contribution in [0.2, 0.25) is 0 Å². The number of nitriles is 1. The third kappa shape index (κ3) is 4.39. The van der Waals surface area contributed by atoms with Crippen molar-refractivity contribution in [1.82, 2.24) is 9.88 Å². The van der Waals surface area contributed by atoms with Crippen LogP contribution in [-0.2, 0) is 16.6 Å². The summed E-state index contributed by atoms with van der Waals surface area (Å²) >= 11 is 0. The van der Waals surface area contributed by atoms with E-state index in [0.29, 0.717) is 30.4 Å². The molecular weight excluding hydrogens is 338 g/mol. The number of carbonyl (C=O) groups excluding carboxylic acids is 1. The van der Waals surface area contributed by atoms with Gasteiger partial charge in [0, 0.05) is 24.6 Å². The van der Waals surface area contributed by atoms with Crippen molar-refractivity contribution in [3.8, 4) is 17.5 Å². The second-order valence-corrected chi connectivity index (χ2v) is 8.31. The molecular formula is C22H27N3O2. The zero-order chi connectivity index (χ0) is 19.6. The summed E-state index contributed by atoms with van der Waals surface area (Å²) in [7, 11) is 0. The van der Waals surface area contributed by atoms with Gasteiger partial charge in [-0.25, -0.2) is 4.98 Å². The minimum Gasteiger partial charge on any atom is -0.441 e. The molecule has 1 aromatic carbocycles. The fourth-order valence-electron chi connectivity index (χ4n) is 3.34. The van der Waals surface area contributed by atoms with E-state index in [1.54, 1.807) is 0 Å². The molecule has 1 aliphatic rings. The Kier molecular flexibility index (Phi) is 5.36. The lowest BCUT2D eigenvalue weighted by molar-refractivity contribution is -0.131. The van der Waals surface area contributed by atoms with E-state index in [-0.39, 0.29) is 23.7 Å². The Labute approximate surface area is 161 Å². The average Bonchev–Trinajstić information content (AvgIpc) is 3.01. The van der Waals surface area contributed by atoms with Gasteiger partial charge in [0.05, 0.1) is 18.2 Å². The van der Waals surface area contributed by atoms with Crippen LogP contribution in [0.1, 0.15) is 50.6 Å². The van der Waals surface area contributed by atoms with E-state index in [0.717, 1.165) is 18.4 Å². The first-order valence-corrected chi connectivity index (χ1v) is 9.52. The Balaban J connectivity index is 1.70. The maximum absolute atomic E-state index is 12.6. The molecule has 0 atom stereocenters. The van der Waals surface area contributed by atoms with Gasteiger partial charge in [0.25, 0.3) is 0 Å². The lowest BCUT2D eigenvalue weighted by Crippen LogP contribution is -2.39. The van der Waals surface area contributed by atoms with E-state index in [1.165, 1.54) is 5.56 Å². The Hall–Kier alpha value is -2.61. The Morgan fingerprint density at radius 2 is 1.89 bits per heavy atom. The zero-order valence-electron chi connectivity index (χ0n) is 16.6. The van der Waals surface area contributed by atoms with Crippen molar-refractivity contribution in [1.29, 1.82) is 5.26 Å². The van der Waals surface area contributed by atoms with Crippen LogP contribution >= 0.6 is 0 Å². The van der Waals surface area contributed by atoms with Crippen molar-refractivity contribution < 1.29 is 9.21 Å². The van der Waals surface area contributed by atoms with Crippen molar-refractivity contribution >= 4 is 5.91 Å². The largest absolute Gasteiger partial charge is 0.441 e. The van der Waals surface area contributed by atoms with Crippen LogP contribution in [0.15, 0.2) is 28.7 Å². The summed E-state index contributed by atoms with van der Waals surface area (Å²) in [6.45, 7) is 9.69. The number of rotatable bonds is 3. The molecule has 0 unspecified atom stereocenters. The third-order valence-electron chi connectivity index (χ3n) is 5.24. The topological polar surface area (TPSA) is 70.1 Å². The molecule has 142 valence electrons. The SMILES string of the molecule is Cc1oc(-c2ccc(C(C)(C)C)cc2)nc1CC(=O)N1CCC(C#N)CC1. The lowest BCUT2D eigenvalue weighted by Gasteiger charge is -2.29. The van der Waals surface area contributed by atoms with Gasteiger partial charge in [-0.3, -0.25) is 4.79 Å². The van der Waals surface area contributed by atoms with Gasteiger partial charge in [0.15, 0.2) is 0 Å². The number of nitrogens with zero attached hydrogens (tertiary/aromatic N) is 3.